The summed E-state index contributed by atoms with van der Waals surface area (Å²) in [6.45, 7) is 0.159. The minimum atomic E-state index is -1.09. The van der Waals surface area contributed by atoms with Crippen molar-refractivity contribution in [2.24, 2.45) is 0 Å². The van der Waals surface area contributed by atoms with Gasteiger partial charge in [0.1, 0.15) is 11.9 Å². The van der Waals surface area contributed by atoms with Crippen LogP contribution in [0.4, 0.5) is 10.5 Å². The molecule has 7 heteroatoms. The molecule has 0 saturated carbocycles. The standard InChI is InChI=1S/C18H21N3O4/c19-14-4-6-17-12(8-14)3-5-15(25-17)10-21(18(23)24)11-16(22)13-2-1-7-20-9-13/h1-2,4,6-9,15-16,22H,3,5,10-11,19H2,(H,23,24)/t15-,16+/m1/s1. The van der Waals surface area contributed by atoms with Crippen LogP contribution in [-0.2, 0) is 6.42 Å². The molecule has 3 rings (SSSR count). The van der Waals surface area contributed by atoms with E-state index in [0.717, 1.165) is 17.7 Å². The molecule has 25 heavy (non-hydrogen) atoms. The van der Waals surface area contributed by atoms with Crippen molar-refractivity contribution in [1.82, 2.24) is 9.88 Å². The first kappa shape index (κ1) is 17.0. The van der Waals surface area contributed by atoms with Gasteiger partial charge in [-0.15, -0.1) is 0 Å². The third kappa shape index (κ3) is 4.19. The number of anilines is 1. The van der Waals surface area contributed by atoms with Gasteiger partial charge in [-0.2, -0.15) is 0 Å². The smallest absolute Gasteiger partial charge is 0.407 e. The molecule has 1 aliphatic rings. The highest BCUT2D eigenvalue weighted by molar-refractivity contribution is 5.65. The minimum absolute atomic E-state index is 0.0323. The van der Waals surface area contributed by atoms with Gasteiger partial charge in [-0.05, 0) is 42.7 Å². The molecule has 2 aromatic rings. The molecule has 0 spiro atoms. The summed E-state index contributed by atoms with van der Waals surface area (Å²) in [7, 11) is 0. The highest BCUT2D eigenvalue weighted by Crippen LogP contribution is 2.29. The van der Waals surface area contributed by atoms with Gasteiger partial charge in [0.2, 0.25) is 0 Å². The van der Waals surface area contributed by atoms with Gasteiger partial charge in [0.15, 0.2) is 0 Å². The van der Waals surface area contributed by atoms with Gasteiger partial charge in [-0.1, -0.05) is 6.07 Å². The zero-order valence-corrected chi connectivity index (χ0v) is 13.7. The Hall–Kier alpha value is -2.80. The van der Waals surface area contributed by atoms with Crippen molar-refractivity contribution in [2.75, 3.05) is 18.8 Å². The minimum Gasteiger partial charge on any atom is -0.488 e. The van der Waals surface area contributed by atoms with E-state index < -0.39 is 12.2 Å². The second-order valence-electron chi connectivity index (χ2n) is 6.14. The zero-order valence-electron chi connectivity index (χ0n) is 13.7. The molecular weight excluding hydrogens is 322 g/mol. The molecule has 2 heterocycles. The normalized spacial score (nSPS) is 17.2. The molecule has 0 bridgehead atoms. The number of nitrogen functional groups attached to an aromatic ring is 1. The predicted octanol–water partition coefficient (Wildman–Crippen LogP) is 2.07. The summed E-state index contributed by atoms with van der Waals surface area (Å²) in [5.41, 5.74) is 8.08. The van der Waals surface area contributed by atoms with Crippen LogP contribution >= 0.6 is 0 Å². The molecule has 1 aromatic heterocycles. The Morgan fingerprint density at radius 2 is 2.28 bits per heavy atom. The topological polar surface area (TPSA) is 109 Å². The number of ether oxygens (including phenoxy) is 1. The van der Waals surface area contributed by atoms with Crippen LogP contribution in [0.1, 0.15) is 23.7 Å². The first-order chi connectivity index (χ1) is 12.0. The van der Waals surface area contributed by atoms with Gasteiger partial charge in [0, 0.05) is 23.6 Å². The molecular formula is C18H21N3O4. The number of rotatable bonds is 5. The number of carbonyl (C=O) groups is 1. The van der Waals surface area contributed by atoms with E-state index in [-0.39, 0.29) is 19.2 Å². The number of hydrogen-bond acceptors (Lipinski definition) is 5. The third-order valence-corrected chi connectivity index (χ3v) is 4.27. The molecule has 2 atom stereocenters. The zero-order chi connectivity index (χ0) is 17.8. The van der Waals surface area contributed by atoms with Crippen molar-refractivity contribution in [3.05, 3.63) is 53.9 Å². The van der Waals surface area contributed by atoms with E-state index >= 15 is 0 Å². The van der Waals surface area contributed by atoms with E-state index in [0.29, 0.717) is 17.7 Å². The fraction of sp³-hybridized carbons (Fsp3) is 0.333. The number of carboxylic acid groups (broad SMARTS) is 1. The number of aliphatic hydroxyl groups is 1. The van der Waals surface area contributed by atoms with Crippen molar-refractivity contribution >= 4 is 11.8 Å². The van der Waals surface area contributed by atoms with Crippen molar-refractivity contribution < 1.29 is 19.7 Å². The lowest BCUT2D eigenvalue weighted by Crippen LogP contribution is -2.42. The van der Waals surface area contributed by atoms with Crippen molar-refractivity contribution in [3.8, 4) is 5.75 Å². The van der Waals surface area contributed by atoms with E-state index in [4.69, 9.17) is 10.5 Å². The number of amides is 1. The summed E-state index contributed by atoms with van der Waals surface area (Å²) in [6, 6.07) is 8.88. The van der Waals surface area contributed by atoms with Crippen LogP contribution in [0.3, 0.4) is 0 Å². The maximum atomic E-state index is 11.6. The van der Waals surface area contributed by atoms with Crippen LogP contribution < -0.4 is 10.5 Å². The average molecular weight is 343 g/mol. The summed E-state index contributed by atoms with van der Waals surface area (Å²) in [5, 5.41) is 19.7. The molecule has 0 aliphatic carbocycles. The second kappa shape index (κ2) is 7.40. The second-order valence-corrected chi connectivity index (χ2v) is 6.14. The molecule has 1 aliphatic heterocycles. The number of fused-ring (bicyclic) bond motifs is 1. The maximum Gasteiger partial charge on any atom is 0.407 e. The maximum absolute atomic E-state index is 11.6. The van der Waals surface area contributed by atoms with Crippen LogP contribution in [0.15, 0.2) is 42.7 Å². The Balaban J connectivity index is 1.64. The highest BCUT2D eigenvalue weighted by atomic mass is 16.5. The van der Waals surface area contributed by atoms with Crippen molar-refractivity contribution in [3.63, 3.8) is 0 Å². The van der Waals surface area contributed by atoms with E-state index in [9.17, 15) is 15.0 Å². The average Bonchev–Trinajstić information content (AvgIpc) is 2.61. The van der Waals surface area contributed by atoms with Gasteiger partial charge in [0.05, 0.1) is 19.2 Å². The molecule has 1 aromatic carbocycles. The Morgan fingerprint density at radius 3 is 3.00 bits per heavy atom. The number of nitrogens with two attached hydrogens (primary N) is 1. The Bertz CT molecular complexity index is 738. The first-order valence-electron chi connectivity index (χ1n) is 8.14. The first-order valence-corrected chi connectivity index (χ1v) is 8.14. The van der Waals surface area contributed by atoms with Crippen LogP contribution in [0.25, 0.3) is 0 Å². The molecule has 132 valence electrons. The fourth-order valence-electron chi connectivity index (χ4n) is 2.96. The van der Waals surface area contributed by atoms with Crippen LogP contribution in [0.2, 0.25) is 0 Å². The highest BCUT2D eigenvalue weighted by Gasteiger charge is 2.26. The Labute approximate surface area is 145 Å². The molecule has 0 unspecified atom stereocenters. The molecule has 0 radical (unpaired) electrons. The van der Waals surface area contributed by atoms with Gasteiger partial charge >= 0.3 is 6.09 Å². The number of hydrogen-bond donors (Lipinski definition) is 3. The Kier molecular flexibility index (Phi) is 5.04. The monoisotopic (exact) mass is 343 g/mol. The molecule has 4 N–H and O–H groups in total. The number of nitrogens with zero attached hydrogens (tertiary/aromatic N) is 2. The van der Waals surface area contributed by atoms with Crippen molar-refractivity contribution in [1.29, 1.82) is 0 Å². The summed E-state index contributed by atoms with van der Waals surface area (Å²) in [5.74, 6) is 0.739. The van der Waals surface area contributed by atoms with Gasteiger partial charge < -0.3 is 25.6 Å². The van der Waals surface area contributed by atoms with E-state index in [1.54, 1.807) is 24.4 Å². The van der Waals surface area contributed by atoms with Crippen LogP contribution in [0, 0.1) is 0 Å². The summed E-state index contributed by atoms with van der Waals surface area (Å²) >= 11 is 0. The lowest BCUT2D eigenvalue weighted by Gasteiger charge is -2.31. The molecule has 0 fully saturated rings. The predicted molar refractivity (Wildman–Crippen MR) is 92.4 cm³/mol. The lowest BCUT2D eigenvalue weighted by molar-refractivity contribution is 0.0656. The Morgan fingerprint density at radius 1 is 1.44 bits per heavy atom. The third-order valence-electron chi connectivity index (χ3n) is 4.27. The summed E-state index contributed by atoms with van der Waals surface area (Å²) in [6.07, 6.45) is 2.34. The summed E-state index contributed by atoms with van der Waals surface area (Å²) in [4.78, 5) is 16.7. The van der Waals surface area contributed by atoms with E-state index in [1.165, 1.54) is 11.1 Å². The number of aryl methyl sites for hydroxylation is 1. The quantitative estimate of drug-likeness (QED) is 0.717. The van der Waals surface area contributed by atoms with E-state index in [2.05, 4.69) is 4.98 Å². The van der Waals surface area contributed by atoms with Crippen LogP contribution in [-0.4, -0.2) is 45.4 Å². The van der Waals surface area contributed by atoms with Gasteiger partial charge in [-0.25, -0.2) is 4.79 Å². The molecule has 1 amide bonds. The van der Waals surface area contributed by atoms with Gasteiger partial charge in [0.25, 0.3) is 0 Å². The lowest BCUT2D eigenvalue weighted by atomic mass is 10.0. The summed E-state index contributed by atoms with van der Waals surface area (Å²) < 4.78 is 5.90. The van der Waals surface area contributed by atoms with E-state index in [1.807, 2.05) is 12.1 Å². The fourth-order valence-corrected chi connectivity index (χ4v) is 2.96. The number of pyridine rings is 1. The number of aliphatic hydroxyl groups excluding tert-OH is 1. The van der Waals surface area contributed by atoms with Crippen molar-refractivity contribution in [2.45, 2.75) is 25.0 Å². The van der Waals surface area contributed by atoms with Gasteiger partial charge in [-0.3, -0.25) is 4.98 Å². The number of aromatic nitrogens is 1. The molecule has 0 saturated heterocycles. The van der Waals surface area contributed by atoms with Crippen LogP contribution in [0.5, 0.6) is 5.75 Å². The molecule has 7 nitrogen and oxygen atoms in total. The number of benzene rings is 1. The SMILES string of the molecule is Nc1ccc2c(c1)CC[C@H](CN(C[C@H](O)c1cccnc1)C(=O)O)O2. The largest absolute Gasteiger partial charge is 0.488 e.